The highest BCUT2D eigenvalue weighted by molar-refractivity contribution is 5.84. The summed E-state index contributed by atoms with van der Waals surface area (Å²) in [7, 11) is 0. The fraction of sp³-hybridized carbons (Fsp3) is 0.438. The quantitative estimate of drug-likeness (QED) is 0.717. The number of amides is 2. The Morgan fingerprint density at radius 2 is 1.88 bits per heavy atom. The smallest absolute Gasteiger partial charge is 0.419 e. The van der Waals surface area contributed by atoms with Gasteiger partial charge in [0.25, 0.3) is 5.91 Å². The highest BCUT2D eigenvalue weighted by Crippen LogP contribution is 2.35. The Hall–Kier alpha value is -2.78. The number of para-hydroxylation sites is 1. The summed E-state index contributed by atoms with van der Waals surface area (Å²) in [5.41, 5.74) is -1.04. The van der Waals surface area contributed by atoms with Gasteiger partial charge in [-0.05, 0) is 19.1 Å². The number of nitrogens with one attached hydrogen (secondary N) is 1. The molecule has 0 aliphatic carbocycles. The van der Waals surface area contributed by atoms with Crippen LogP contribution in [0.15, 0.2) is 24.3 Å². The zero-order chi connectivity index (χ0) is 19.9. The van der Waals surface area contributed by atoms with Gasteiger partial charge in [0.15, 0.2) is 6.61 Å². The molecule has 1 rings (SSSR count). The van der Waals surface area contributed by atoms with Gasteiger partial charge in [0.1, 0.15) is 11.8 Å². The number of carbonyl (C=O) groups excluding carboxylic acids is 2. The zero-order valence-electron chi connectivity index (χ0n) is 14.2. The minimum absolute atomic E-state index is 0.00215. The third-order valence-corrected chi connectivity index (χ3v) is 3.42. The fourth-order valence-corrected chi connectivity index (χ4v) is 2.07. The van der Waals surface area contributed by atoms with Crippen LogP contribution in [0, 0.1) is 0 Å². The molecular weight excluding hydrogens is 357 g/mol. The molecule has 0 radical (unpaired) electrons. The van der Waals surface area contributed by atoms with Crippen LogP contribution in [0.4, 0.5) is 13.2 Å². The van der Waals surface area contributed by atoms with Crippen LogP contribution in [0.3, 0.4) is 0 Å². The van der Waals surface area contributed by atoms with Crippen molar-refractivity contribution in [2.45, 2.75) is 26.1 Å². The van der Waals surface area contributed by atoms with Gasteiger partial charge in [0.05, 0.1) is 5.56 Å². The summed E-state index contributed by atoms with van der Waals surface area (Å²) in [5, 5.41) is 11.5. The number of alkyl halides is 3. The second kappa shape index (κ2) is 9.07. The summed E-state index contributed by atoms with van der Waals surface area (Å²) in [6, 6.07) is 3.15. The standard InChI is InChI=1S/C16H19F3N2O5/c1-10(15(24)25)21(8-7-20-11(2)22)14(23)9-26-13-6-4-3-5-12(13)16(17,18)19/h3-6,10H,7-9H2,1-2H3,(H,20,22)(H,24,25). The molecule has 1 unspecified atom stereocenters. The van der Waals surface area contributed by atoms with Gasteiger partial charge in [0.2, 0.25) is 5.91 Å². The second-order valence-electron chi connectivity index (χ2n) is 5.37. The van der Waals surface area contributed by atoms with Crippen LogP contribution in [0.25, 0.3) is 0 Å². The van der Waals surface area contributed by atoms with E-state index in [9.17, 15) is 27.6 Å². The Labute approximate surface area is 147 Å². The largest absolute Gasteiger partial charge is 0.483 e. The predicted octanol–water partition coefficient (Wildman–Crippen LogP) is 1.52. The molecule has 2 amide bonds. The molecular formula is C16H19F3N2O5. The molecule has 7 nitrogen and oxygen atoms in total. The van der Waals surface area contributed by atoms with Crippen molar-refractivity contribution in [3.8, 4) is 5.75 Å². The van der Waals surface area contributed by atoms with Crippen LogP contribution in [0.2, 0.25) is 0 Å². The molecule has 10 heteroatoms. The summed E-state index contributed by atoms with van der Waals surface area (Å²) < 4.78 is 43.7. The number of carbonyl (C=O) groups is 3. The van der Waals surface area contributed by atoms with E-state index < -0.39 is 42.0 Å². The van der Waals surface area contributed by atoms with Crippen molar-refractivity contribution in [3.05, 3.63) is 29.8 Å². The van der Waals surface area contributed by atoms with E-state index >= 15 is 0 Å². The highest BCUT2D eigenvalue weighted by Gasteiger charge is 2.34. The Kier molecular flexibility index (Phi) is 7.41. The Morgan fingerprint density at radius 3 is 2.42 bits per heavy atom. The zero-order valence-corrected chi connectivity index (χ0v) is 14.2. The Bertz CT molecular complexity index is 664. The minimum atomic E-state index is -4.65. The van der Waals surface area contributed by atoms with Crippen LogP contribution >= 0.6 is 0 Å². The number of aliphatic carboxylic acids is 1. The topological polar surface area (TPSA) is 95.9 Å². The first-order valence-corrected chi connectivity index (χ1v) is 7.59. The number of carboxylic acid groups (broad SMARTS) is 1. The molecule has 0 spiro atoms. The first kappa shape index (κ1) is 21.3. The second-order valence-corrected chi connectivity index (χ2v) is 5.37. The maximum atomic E-state index is 12.9. The predicted molar refractivity (Wildman–Crippen MR) is 84.4 cm³/mol. The van der Waals surface area contributed by atoms with Gasteiger partial charge >= 0.3 is 12.1 Å². The normalized spacial score (nSPS) is 12.2. The van der Waals surface area contributed by atoms with E-state index in [1.54, 1.807) is 0 Å². The van der Waals surface area contributed by atoms with E-state index in [-0.39, 0.29) is 19.0 Å². The Morgan fingerprint density at radius 1 is 1.27 bits per heavy atom. The molecule has 2 N–H and O–H groups in total. The van der Waals surface area contributed by atoms with Crippen molar-refractivity contribution in [2.24, 2.45) is 0 Å². The van der Waals surface area contributed by atoms with Crippen molar-refractivity contribution in [1.29, 1.82) is 0 Å². The highest BCUT2D eigenvalue weighted by atomic mass is 19.4. The number of benzene rings is 1. The molecule has 1 atom stereocenters. The van der Waals surface area contributed by atoms with E-state index in [4.69, 9.17) is 9.84 Å². The SMILES string of the molecule is CC(=O)NCCN(C(=O)COc1ccccc1C(F)(F)F)C(C)C(=O)O. The lowest BCUT2D eigenvalue weighted by Gasteiger charge is -2.26. The third-order valence-electron chi connectivity index (χ3n) is 3.42. The molecule has 0 aliphatic heterocycles. The van der Waals surface area contributed by atoms with Crippen molar-refractivity contribution in [2.75, 3.05) is 19.7 Å². The molecule has 0 bridgehead atoms. The van der Waals surface area contributed by atoms with Crippen molar-refractivity contribution < 1.29 is 37.4 Å². The summed E-state index contributed by atoms with van der Waals surface area (Å²) in [6.07, 6.45) is -4.65. The van der Waals surface area contributed by atoms with Crippen molar-refractivity contribution in [3.63, 3.8) is 0 Å². The molecule has 0 saturated carbocycles. The number of hydrogen-bond donors (Lipinski definition) is 2. The number of rotatable bonds is 8. The number of halogens is 3. The van der Waals surface area contributed by atoms with Gasteiger partial charge in [-0.15, -0.1) is 0 Å². The summed E-state index contributed by atoms with van der Waals surface area (Å²) in [5.74, 6) is -3.01. The molecule has 0 saturated heterocycles. The lowest BCUT2D eigenvalue weighted by Crippen LogP contribution is -2.48. The lowest BCUT2D eigenvalue weighted by atomic mass is 10.2. The number of nitrogens with zero attached hydrogens (tertiary/aromatic N) is 1. The molecule has 0 aromatic heterocycles. The van der Waals surface area contributed by atoms with Gasteiger partial charge in [-0.25, -0.2) is 4.79 Å². The number of hydrogen-bond acceptors (Lipinski definition) is 4. The lowest BCUT2D eigenvalue weighted by molar-refractivity contribution is -0.150. The molecule has 0 fully saturated rings. The van der Waals surface area contributed by atoms with Gasteiger partial charge < -0.3 is 20.1 Å². The van der Waals surface area contributed by atoms with E-state index in [1.807, 2.05) is 0 Å². The molecule has 1 aromatic carbocycles. The van der Waals surface area contributed by atoms with E-state index in [2.05, 4.69) is 5.32 Å². The van der Waals surface area contributed by atoms with Gasteiger partial charge in [-0.1, -0.05) is 12.1 Å². The molecule has 0 heterocycles. The molecule has 144 valence electrons. The van der Waals surface area contributed by atoms with Crippen LogP contribution in [0.1, 0.15) is 19.4 Å². The number of ether oxygens (including phenoxy) is 1. The van der Waals surface area contributed by atoms with Crippen LogP contribution < -0.4 is 10.1 Å². The first-order chi connectivity index (χ1) is 12.0. The summed E-state index contributed by atoms with van der Waals surface area (Å²) in [6.45, 7) is 1.60. The van der Waals surface area contributed by atoms with E-state index in [1.165, 1.54) is 26.0 Å². The molecule has 1 aromatic rings. The molecule has 26 heavy (non-hydrogen) atoms. The van der Waals surface area contributed by atoms with Crippen LogP contribution in [-0.4, -0.2) is 53.5 Å². The minimum Gasteiger partial charge on any atom is -0.483 e. The average molecular weight is 376 g/mol. The summed E-state index contributed by atoms with van der Waals surface area (Å²) in [4.78, 5) is 35.2. The van der Waals surface area contributed by atoms with Crippen molar-refractivity contribution in [1.82, 2.24) is 10.2 Å². The van der Waals surface area contributed by atoms with Gasteiger partial charge in [0, 0.05) is 20.0 Å². The van der Waals surface area contributed by atoms with E-state index in [0.717, 1.165) is 17.0 Å². The maximum Gasteiger partial charge on any atom is 0.419 e. The first-order valence-electron chi connectivity index (χ1n) is 7.59. The average Bonchev–Trinajstić information content (AvgIpc) is 2.55. The monoisotopic (exact) mass is 376 g/mol. The van der Waals surface area contributed by atoms with Gasteiger partial charge in [-0.3, -0.25) is 9.59 Å². The van der Waals surface area contributed by atoms with Crippen molar-refractivity contribution >= 4 is 17.8 Å². The molecule has 0 aliphatic rings. The third kappa shape index (κ3) is 6.26. The summed E-state index contributed by atoms with van der Waals surface area (Å²) >= 11 is 0. The van der Waals surface area contributed by atoms with Crippen LogP contribution in [0.5, 0.6) is 5.75 Å². The van der Waals surface area contributed by atoms with Gasteiger partial charge in [-0.2, -0.15) is 13.2 Å². The maximum absolute atomic E-state index is 12.9. The Balaban J connectivity index is 2.84. The number of carboxylic acids is 1. The van der Waals surface area contributed by atoms with Crippen LogP contribution in [-0.2, 0) is 20.6 Å². The van der Waals surface area contributed by atoms with E-state index in [0.29, 0.717) is 0 Å². The fourth-order valence-electron chi connectivity index (χ4n) is 2.07.